The predicted molar refractivity (Wildman–Crippen MR) is 46.1 cm³/mol. The second kappa shape index (κ2) is 3.61. The summed E-state index contributed by atoms with van der Waals surface area (Å²) in [5, 5.41) is 10.3. The molecule has 0 spiro atoms. The summed E-state index contributed by atoms with van der Waals surface area (Å²) in [6, 6.07) is 2.05. The van der Waals surface area contributed by atoms with Gasteiger partial charge in [-0.25, -0.2) is 0 Å². The van der Waals surface area contributed by atoms with Crippen molar-refractivity contribution >= 4 is 27.9 Å². The molecule has 0 amide bonds. The van der Waals surface area contributed by atoms with Crippen LogP contribution in [0.25, 0.3) is 0 Å². The maximum atomic E-state index is 12.8. The molecule has 1 rings (SSSR count). The minimum Gasteiger partial charge on any atom is -0.298 e. The third kappa shape index (κ3) is 1.72. The van der Waals surface area contributed by atoms with Gasteiger partial charge in [-0.2, -0.15) is 4.39 Å². The molecule has 0 radical (unpaired) electrons. The summed E-state index contributed by atoms with van der Waals surface area (Å²) in [6.07, 6.45) is 0.413. The van der Waals surface area contributed by atoms with E-state index in [9.17, 15) is 19.3 Å². The van der Waals surface area contributed by atoms with Gasteiger partial charge >= 0.3 is 5.69 Å². The highest BCUT2D eigenvalue weighted by Gasteiger charge is 2.21. The Morgan fingerprint density at radius 1 is 1.54 bits per heavy atom. The number of halogens is 2. The lowest BCUT2D eigenvalue weighted by Crippen LogP contribution is -1.96. The van der Waals surface area contributed by atoms with Crippen LogP contribution in [0, 0.1) is 15.9 Å². The fourth-order valence-electron chi connectivity index (χ4n) is 0.815. The van der Waals surface area contributed by atoms with E-state index in [0.717, 1.165) is 6.07 Å². The zero-order valence-electron chi connectivity index (χ0n) is 6.16. The normalized spacial score (nSPS) is 9.69. The van der Waals surface area contributed by atoms with Crippen LogP contribution in [0.3, 0.4) is 0 Å². The van der Waals surface area contributed by atoms with E-state index in [1.807, 2.05) is 0 Å². The molecule has 0 aliphatic carbocycles. The lowest BCUT2D eigenvalue weighted by molar-refractivity contribution is -0.388. The quantitative estimate of drug-likeness (QED) is 0.458. The average Bonchev–Trinajstić information content (AvgIpc) is 2.04. The summed E-state index contributed by atoms with van der Waals surface area (Å²) in [5.41, 5.74) is -0.669. The molecular weight excluding hydrogens is 245 g/mol. The molecule has 0 heterocycles. The van der Waals surface area contributed by atoms with Crippen molar-refractivity contribution in [3.63, 3.8) is 0 Å². The first-order valence-corrected chi connectivity index (χ1v) is 3.94. The van der Waals surface area contributed by atoms with E-state index in [0.29, 0.717) is 6.29 Å². The largest absolute Gasteiger partial charge is 0.319 e. The van der Waals surface area contributed by atoms with Crippen LogP contribution in [0.1, 0.15) is 10.4 Å². The van der Waals surface area contributed by atoms with Crippen LogP contribution in [0.5, 0.6) is 0 Å². The van der Waals surface area contributed by atoms with Crippen LogP contribution in [-0.2, 0) is 0 Å². The van der Waals surface area contributed by atoms with Crippen molar-refractivity contribution in [2.75, 3.05) is 0 Å². The predicted octanol–water partition coefficient (Wildman–Crippen LogP) is 2.31. The first-order chi connectivity index (χ1) is 6.07. The Hall–Kier alpha value is -1.30. The number of benzene rings is 1. The van der Waals surface area contributed by atoms with E-state index in [-0.39, 0.29) is 10.0 Å². The molecule has 0 aliphatic heterocycles. The zero-order valence-corrected chi connectivity index (χ0v) is 7.75. The third-order valence-corrected chi connectivity index (χ3v) is 2.24. The Morgan fingerprint density at radius 2 is 2.15 bits per heavy atom. The molecule has 0 bridgehead atoms. The van der Waals surface area contributed by atoms with E-state index in [1.54, 1.807) is 0 Å². The molecule has 6 heteroatoms. The van der Waals surface area contributed by atoms with Crippen LogP contribution in [0.15, 0.2) is 16.6 Å². The molecule has 0 aliphatic rings. The first kappa shape index (κ1) is 9.79. The monoisotopic (exact) mass is 247 g/mol. The fourth-order valence-corrected chi connectivity index (χ4v) is 1.37. The molecule has 0 saturated heterocycles. The molecule has 1 aromatic carbocycles. The Labute approximate surface area is 80.6 Å². The fraction of sp³-hybridized carbons (Fsp3) is 0. The zero-order chi connectivity index (χ0) is 10.0. The lowest BCUT2D eigenvalue weighted by Gasteiger charge is -1.98. The Kier molecular flexibility index (Phi) is 2.72. The van der Waals surface area contributed by atoms with Gasteiger partial charge in [0.25, 0.3) is 0 Å². The van der Waals surface area contributed by atoms with Crippen molar-refractivity contribution in [2.45, 2.75) is 0 Å². The average molecular weight is 248 g/mol. The number of rotatable bonds is 2. The van der Waals surface area contributed by atoms with E-state index in [4.69, 9.17) is 0 Å². The van der Waals surface area contributed by atoms with Crippen molar-refractivity contribution in [3.8, 4) is 0 Å². The van der Waals surface area contributed by atoms with Gasteiger partial charge in [0.15, 0.2) is 6.29 Å². The Morgan fingerprint density at radius 3 is 2.62 bits per heavy atom. The summed E-state index contributed by atoms with van der Waals surface area (Å²) in [4.78, 5) is 19.8. The van der Waals surface area contributed by atoms with Crippen molar-refractivity contribution in [1.82, 2.24) is 0 Å². The summed E-state index contributed by atoms with van der Waals surface area (Å²) in [6.45, 7) is 0. The molecule has 0 fully saturated rings. The van der Waals surface area contributed by atoms with Crippen LogP contribution in [0.4, 0.5) is 10.1 Å². The van der Waals surface area contributed by atoms with Crippen LogP contribution in [0.2, 0.25) is 0 Å². The molecule has 0 aromatic heterocycles. The summed E-state index contributed by atoms with van der Waals surface area (Å²) < 4.78 is 12.7. The van der Waals surface area contributed by atoms with Gasteiger partial charge in [0.05, 0.1) is 4.92 Å². The Bertz CT molecular complexity index is 380. The SMILES string of the molecule is O=Cc1ccc(F)c([N+](=O)[O-])c1Br. The first-order valence-electron chi connectivity index (χ1n) is 3.15. The van der Waals surface area contributed by atoms with Crippen molar-refractivity contribution < 1.29 is 14.1 Å². The van der Waals surface area contributed by atoms with Crippen molar-refractivity contribution in [1.29, 1.82) is 0 Å². The lowest BCUT2D eigenvalue weighted by atomic mass is 10.2. The van der Waals surface area contributed by atoms with Crippen LogP contribution in [-0.4, -0.2) is 11.2 Å². The van der Waals surface area contributed by atoms with Gasteiger partial charge in [-0.3, -0.25) is 14.9 Å². The number of nitro groups is 1. The summed E-state index contributed by atoms with van der Waals surface area (Å²) in [7, 11) is 0. The van der Waals surface area contributed by atoms with Gasteiger partial charge in [-0.05, 0) is 28.1 Å². The standard InChI is InChI=1S/C7H3BrFNO3/c8-6-4(3-11)1-2-5(9)7(6)10(12)13/h1-3H. The summed E-state index contributed by atoms with van der Waals surface area (Å²) in [5.74, 6) is -0.970. The Balaban J connectivity index is 3.47. The molecular formula is C7H3BrFNO3. The van der Waals surface area contributed by atoms with Crippen molar-refractivity contribution in [2.24, 2.45) is 0 Å². The number of hydrogen-bond acceptors (Lipinski definition) is 3. The van der Waals surface area contributed by atoms with Gasteiger partial charge in [0.2, 0.25) is 5.82 Å². The number of nitrogens with zero attached hydrogens (tertiary/aromatic N) is 1. The topological polar surface area (TPSA) is 60.2 Å². The number of aldehydes is 1. The molecule has 0 saturated carbocycles. The van der Waals surface area contributed by atoms with Gasteiger partial charge in [-0.1, -0.05) is 0 Å². The summed E-state index contributed by atoms with van der Waals surface area (Å²) >= 11 is 2.78. The van der Waals surface area contributed by atoms with Gasteiger partial charge < -0.3 is 0 Å². The van der Waals surface area contributed by atoms with Gasteiger partial charge in [0, 0.05) is 5.56 Å². The van der Waals surface area contributed by atoms with Gasteiger partial charge in [0.1, 0.15) is 4.47 Å². The molecule has 0 unspecified atom stereocenters. The van der Waals surface area contributed by atoms with E-state index in [2.05, 4.69) is 15.9 Å². The molecule has 1 aromatic rings. The highest BCUT2D eigenvalue weighted by molar-refractivity contribution is 9.10. The molecule has 0 atom stereocenters. The number of hydrogen-bond donors (Lipinski definition) is 0. The maximum absolute atomic E-state index is 12.8. The minimum atomic E-state index is -0.970. The number of carbonyl (C=O) groups excluding carboxylic acids is 1. The van der Waals surface area contributed by atoms with E-state index < -0.39 is 16.4 Å². The maximum Gasteiger partial charge on any atom is 0.319 e. The smallest absolute Gasteiger partial charge is 0.298 e. The number of carbonyl (C=O) groups is 1. The second-order valence-electron chi connectivity index (χ2n) is 2.17. The van der Waals surface area contributed by atoms with Crippen LogP contribution < -0.4 is 0 Å². The van der Waals surface area contributed by atoms with Gasteiger partial charge in [-0.15, -0.1) is 0 Å². The molecule has 13 heavy (non-hydrogen) atoms. The van der Waals surface area contributed by atoms with E-state index in [1.165, 1.54) is 6.07 Å². The number of nitro benzene ring substituents is 1. The molecule has 4 nitrogen and oxygen atoms in total. The van der Waals surface area contributed by atoms with Crippen LogP contribution >= 0.6 is 15.9 Å². The van der Waals surface area contributed by atoms with E-state index >= 15 is 0 Å². The second-order valence-corrected chi connectivity index (χ2v) is 2.97. The molecule has 68 valence electrons. The molecule has 0 N–H and O–H groups in total. The highest BCUT2D eigenvalue weighted by Crippen LogP contribution is 2.30. The highest BCUT2D eigenvalue weighted by atomic mass is 79.9. The van der Waals surface area contributed by atoms with Crippen molar-refractivity contribution in [3.05, 3.63) is 38.1 Å². The minimum absolute atomic E-state index is 0.0492. The third-order valence-electron chi connectivity index (χ3n) is 1.41.